The number of rotatable bonds is 9. The molecule has 0 fully saturated rings. The van der Waals surface area contributed by atoms with Gasteiger partial charge in [0.1, 0.15) is 10.6 Å². The van der Waals surface area contributed by atoms with Crippen LogP contribution in [0.4, 0.5) is 0 Å². The van der Waals surface area contributed by atoms with Gasteiger partial charge in [0, 0.05) is 31.6 Å². The van der Waals surface area contributed by atoms with Crippen LogP contribution in [0.3, 0.4) is 0 Å². The molecule has 8 nitrogen and oxygen atoms in total. The molecule has 1 rings (SSSR count). The molecule has 0 spiro atoms. The number of carboxylic acid groups (broad SMARTS) is 1. The summed E-state index contributed by atoms with van der Waals surface area (Å²) < 4.78 is 32.4. The van der Waals surface area contributed by atoms with E-state index in [0.29, 0.717) is 6.42 Å². The summed E-state index contributed by atoms with van der Waals surface area (Å²) in [4.78, 5) is 24.2. The summed E-state index contributed by atoms with van der Waals surface area (Å²) in [5, 5.41) is 8.65. The van der Waals surface area contributed by atoms with Crippen LogP contribution in [0.1, 0.15) is 37.0 Å². The number of amides is 1. The summed E-state index contributed by atoms with van der Waals surface area (Å²) in [5.74, 6) is -1.19. The maximum absolute atomic E-state index is 12.4. The molecule has 1 aromatic carbocycles. The van der Waals surface area contributed by atoms with Gasteiger partial charge in [-0.25, -0.2) is 13.1 Å². The van der Waals surface area contributed by atoms with Gasteiger partial charge < -0.3 is 14.7 Å². The van der Waals surface area contributed by atoms with E-state index in [1.54, 1.807) is 13.8 Å². The number of sulfonamides is 1. The summed E-state index contributed by atoms with van der Waals surface area (Å²) in [6.07, 6.45) is 0.270. The van der Waals surface area contributed by atoms with Crippen molar-refractivity contribution in [3.63, 3.8) is 0 Å². The van der Waals surface area contributed by atoms with Gasteiger partial charge in [0.15, 0.2) is 0 Å². The molecule has 0 saturated heterocycles. The lowest BCUT2D eigenvalue weighted by Gasteiger charge is -2.18. The largest absolute Gasteiger partial charge is 0.495 e. The number of hydrogen-bond acceptors (Lipinski definition) is 5. The van der Waals surface area contributed by atoms with E-state index in [-0.39, 0.29) is 35.2 Å². The Balaban J connectivity index is 3.08. The number of nitrogens with one attached hydrogen (secondary N) is 1. The predicted molar refractivity (Wildman–Crippen MR) is 92.3 cm³/mol. The molecule has 1 amide bonds. The molecule has 0 heterocycles. The normalized spacial score (nSPS) is 11.4. The van der Waals surface area contributed by atoms with Crippen LogP contribution in [0.5, 0.6) is 5.75 Å². The fourth-order valence-electron chi connectivity index (χ4n) is 2.18. The van der Waals surface area contributed by atoms with Gasteiger partial charge in [0.05, 0.1) is 7.11 Å². The first-order valence-electron chi connectivity index (χ1n) is 7.76. The summed E-state index contributed by atoms with van der Waals surface area (Å²) in [7, 11) is -0.949. The molecule has 0 unspecified atom stereocenters. The predicted octanol–water partition coefficient (Wildman–Crippen LogP) is 1.32. The third-order valence-corrected chi connectivity index (χ3v) is 5.00. The lowest BCUT2D eigenvalue weighted by molar-refractivity contribution is -0.137. The van der Waals surface area contributed by atoms with Crippen LogP contribution in [-0.4, -0.2) is 57.0 Å². The highest BCUT2D eigenvalue weighted by Gasteiger charge is 2.23. The van der Waals surface area contributed by atoms with E-state index in [2.05, 4.69) is 4.72 Å². The van der Waals surface area contributed by atoms with Crippen LogP contribution in [0.25, 0.3) is 0 Å². The highest BCUT2D eigenvalue weighted by atomic mass is 32.2. The van der Waals surface area contributed by atoms with E-state index in [1.165, 1.54) is 37.3 Å². The van der Waals surface area contributed by atoms with Crippen LogP contribution in [0.15, 0.2) is 23.1 Å². The molecule has 140 valence electrons. The van der Waals surface area contributed by atoms with Crippen LogP contribution in [0.2, 0.25) is 0 Å². The molecule has 0 aliphatic rings. The van der Waals surface area contributed by atoms with E-state index in [4.69, 9.17) is 9.84 Å². The molecule has 0 saturated carbocycles. The minimum absolute atomic E-state index is 0.0435. The first-order chi connectivity index (χ1) is 11.6. The Morgan fingerprint density at radius 3 is 2.48 bits per heavy atom. The zero-order valence-corrected chi connectivity index (χ0v) is 15.6. The summed E-state index contributed by atoms with van der Waals surface area (Å²) in [5.41, 5.74) is 0.183. The lowest BCUT2D eigenvalue weighted by atomic mass is 10.2. The fourth-order valence-corrected chi connectivity index (χ4v) is 3.63. The van der Waals surface area contributed by atoms with E-state index in [1.807, 2.05) is 0 Å². The smallest absolute Gasteiger partial charge is 0.303 e. The minimum atomic E-state index is -3.84. The van der Waals surface area contributed by atoms with E-state index in [9.17, 15) is 18.0 Å². The molecular formula is C16H24N2O6S. The fraction of sp³-hybridized carbons (Fsp3) is 0.500. The second-order valence-electron chi connectivity index (χ2n) is 5.87. The number of hydrogen-bond donors (Lipinski definition) is 2. The Hall–Kier alpha value is -2.13. The van der Waals surface area contributed by atoms with Gasteiger partial charge in [0.25, 0.3) is 5.91 Å². The summed E-state index contributed by atoms with van der Waals surface area (Å²) in [6, 6.07) is 3.85. The van der Waals surface area contributed by atoms with Crippen LogP contribution in [0, 0.1) is 0 Å². The Labute approximate surface area is 147 Å². The maximum atomic E-state index is 12.4. The Morgan fingerprint density at radius 1 is 1.32 bits per heavy atom. The third kappa shape index (κ3) is 6.02. The van der Waals surface area contributed by atoms with Crippen molar-refractivity contribution in [3.05, 3.63) is 23.8 Å². The van der Waals surface area contributed by atoms with Crippen molar-refractivity contribution in [3.8, 4) is 5.75 Å². The highest BCUT2D eigenvalue weighted by Crippen LogP contribution is 2.25. The monoisotopic (exact) mass is 372 g/mol. The SMILES string of the molecule is COc1ccc(C(=O)N(C)CCCC(=O)O)cc1S(=O)(=O)NC(C)C. The molecule has 0 aliphatic carbocycles. The van der Waals surface area contributed by atoms with Crippen molar-refractivity contribution in [1.82, 2.24) is 9.62 Å². The summed E-state index contributed by atoms with van der Waals surface area (Å²) in [6.45, 7) is 3.63. The van der Waals surface area contributed by atoms with Gasteiger partial charge >= 0.3 is 5.97 Å². The number of methoxy groups -OCH3 is 1. The van der Waals surface area contributed by atoms with Crippen LogP contribution >= 0.6 is 0 Å². The first kappa shape index (κ1) is 20.9. The number of carboxylic acids is 1. The molecule has 0 radical (unpaired) electrons. The minimum Gasteiger partial charge on any atom is -0.495 e. The molecule has 0 aliphatic heterocycles. The zero-order chi connectivity index (χ0) is 19.2. The molecule has 9 heteroatoms. The topological polar surface area (TPSA) is 113 Å². The standard InChI is InChI=1S/C16H24N2O6S/c1-11(2)17-25(22,23)14-10-12(7-8-13(14)24-4)16(21)18(3)9-5-6-15(19)20/h7-8,10-11,17H,5-6,9H2,1-4H3,(H,19,20). The van der Waals surface area contributed by atoms with Crippen molar-refractivity contribution in [2.24, 2.45) is 0 Å². The lowest BCUT2D eigenvalue weighted by Crippen LogP contribution is -2.31. The molecule has 0 bridgehead atoms. The molecule has 2 N–H and O–H groups in total. The van der Waals surface area contributed by atoms with Gasteiger partial charge in [-0.3, -0.25) is 9.59 Å². The van der Waals surface area contributed by atoms with Crippen molar-refractivity contribution in [2.45, 2.75) is 37.6 Å². The maximum Gasteiger partial charge on any atom is 0.303 e. The van der Waals surface area contributed by atoms with Crippen molar-refractivity contribution in [2.75, 3.05) is 20.7 Å². The second kappa shape index (κ2) is 8.82. The molecule has 25 heavy (non-hydrogen) atoms. The highest BCUT2D eigenvalue weighted by molar-refractivity contribution is 7.89. The van der Waals surface area contributed by atoms with Gasteiger partial charge in [-0.05, 0) is 38.5 Å². The number of benzene rings is 1. The molecule has 1 aromatic rings. The number of nitrogens with zero attached hydrogens (tertiary/aromatic N) is 1. The number of carbonyl (C=O) groups excluding carboxylic acids is 1. The average molecular weight is 372 g/mol. The second-order valence-corrected chi connectivity index (χ2v) is 7.55. The Bertz CT molecular complexity index is 730. The van der Waals surface area contributed by atoms with Gasteiger partial charge in [-0.2, -0.15) is 0 Å². The molecule has 0 atom stereocenters. The van der Waals surface area contributed by atoms with Crippen molar-refractivity contribution in [1.29, 1.82) is 0 Å². The number of ether oxygens (including phenoxy) is 1. The number of carbonyl (C=O) groups is 2. The van der Waals surface area contributed by atoms with Crippen molar-refractivity contribution >= 4 is 21.9 Å². The van der Waals surface area contributed by atoms with Gasteiger partial charge in [-0.1, -0.05) is 0 Å². The third-order valence-electron chi connectivity index (χ3n) is 3.32. The average Bonchev–Trinajstić information content (AvgIpc) is 2.51. The van der Waals surface area contributed by atoms with Gasteiger partial charge in [0.2, 0.25) is 10.0 Å². The van der Waals surface area contributed by atoms with Crippen LogP contribution < -0.4 is 9.46 Å². The Morgan fingerprint density at radius 2 is 1.96 bits per heavy atom. The molecule has 0 aromatic heterocycles. The van der Waals surface area contributed by atoms with E-state index < -0.39 is 21.9 Å². The van der Waals surface area contributed by atoms with Crippen LogP contribution in [-0.2, 0) is 14.8 Å². The zero-order valence-electron chi connectivity index (χ0n) is 14.8. The first-order valence-corrected chi connectivity index (χ1v) is 9.24. The number of aliphatic carboxylic acids is 1. The molecular weight excluding hydrogens is 348 g/mol. The Kier molecular flexibility index (Phi) is 7.38. The van der Waals surface area contributed by atoms with E-state index in [0.717, 1.165) is 0 Å². The van der Waals surface area contributed by atoms with Gasteiger partial charge in [-0.15, -0.1) is 0 Å². The summed E-state index contributed by atoms with van der Waals surface area (Å²) >= 11 is 0. The van der Waals surface area contributed by atoms with Crippen molar-refractivity contribution < 1.29 is 27.9 Å². The quantitative estimate of drug-likeness (QED) is 0.676. The van der Waals surface area contributed by atoms with E-state index >= 15 is 0 Å².